The summed E-state index contributed by atoms with van der Waals surface area (Å²) >= 11 is 0. The lowest BCUT2D eigenvalue weighted by molar-refractivity contribution is -0.131. The van der Waals surface area contributed by atoms with Crippen LogP contribution in [0.1, 0.15) is 48.7 Å². The number of carbonyl (C=O) groups excluding carboxylic acids is 1. The summed E-state index contributed by atoms with van der Waals surface area (Å²) in [4.78, 5) is 31.6. The van der Waals surface area contributed by atoms with Gasteiger partial charge in [0.05, 0.1) is 24.1 Å². The topological polar surface area (TPSA) is 93.1 Å². The molecule has 3 heterocycles. The van der Waals surface area contributed by atoms with Crippen LogP contribution >= 0.6 is 0 Å². The molecule has 192 valence electrons. The molecule has 1 aliphatic rings. The van der Waals surface area contributed by atoms with Gasteiger partial charge >= 0.3 is 0 Å². The SMILES string of the molecule is O=C(Cc1n[nH]c(=O)c2ccccc12)N1CCC(c2nccn2CCCCOCc2ccccc2)CC1. The van der Waals surface area contributed by atoms with E-state index in [1.807, 2.05) is 47.5 Å². The van der Waals surface area contributed by atoms with Crippen molar-refractivity contribution in [3.8, 4) is 0 Å². The molecule has 1 amide bonds. The summed E-state index contributed by atoms with van der Waals surface area (Å²) in [7, 11) is 0. The normalized spacial score (nSPS) is 14.3. The van der Waals surface area contributed by atoms with Gasteiger partial charge in [0.2, 0.25) is 5.91 Å². The molecule has 8 heteroatoms. The Labute approximate surface area is 216 Å². The van der Waals surface area contributed by atoms with Gasteiger partial charge in [-0.2, -0.15) is 5.10 Å². The van der Waals surface area contributed by atoms with Crippen molar-refractivity contribution in [1.29, 1.82) is 0 Å². The Hall–Kier alpha value is -3.78. The Bertz CT molecular complexity index is 1370. The number of ether oxygens (including phenoxy) is 1. The van der Waals surface area contributed by atoms with Gasteiger partial charge in [-0.05, 0) is 37.3 Å². The lowest BCUT2D eigenvalue weighted by Crippen LogP contribution is -2.39. The highest BCUT2D eigenvalue weighted by atomic mass is 16.5. The van der Waals surface area contributed by atoms with Gasteiger partial charge in [-0.1, -0.05) is 48.5 Å². The van der Waals surface area contributed by atoms with Crippen molar-refractivity contribution >= 4 is 16.7 Å². The minimum Gasteiger partial charge on any atom is -0.377 e. The van der Waals surface area contributed by atoms with Gasteiger partial charge in [0.25, 0.3) is 5.56 Å². The minimum absolute atomic E-state index is 0.0435. The highest BCUT2D eigenvalue weighted by Gasteiger charge is 2.27. The van der Waals surface area contributed by atoms with Crippen molar-refractivity contribution in [1.82, 2.24) is 24.6 Å². The number of aromatic nitrogens is 4. The van der Waals surface area contributed by atoms with Gasteiger partial charge in [-0.25, -0.2) is 10.1 Å². The first-order valence-corrected chi connectivity index (χ1v) is 13.1. The second-order valence-corrected chi connectivity index (χ2v) is 9.60. The van der Waals surface area contributed by atoms with Crippen LogP contribution in [0.25, 0.3) is 10.8 Å². The van der Waals surface area contributed by atoms with E-state index in [4.69, 9.17) is 4.74 Å². The number of imidazole rings is 1. The molecular formula is C29H33N5O3. The Morgan fingerprint density at radius 2 is 1.76 bits per heavy atom. The van der Waals surface area contributed by atoms with Crippen LogP contribution in [0.5, 0.6) is 0 Å². The maximum atomic E-state index is 13.0. The number of rotatable bonds is 10. The zero-order valence-corrected chi connectivity index (χ0v) is 21.0. The van der Waals surface area contributed by atoms with Crippen LogP contribution in [0.2, 0.25) is 0 Å². The molecule has 2 aromatic heterocycles. The Balaban J connectivity index is 1.08. The number of fused-ring (bicyclic) bond motifs is 1. The van der Waals surface area contributed by atoms with Crippen LogP contribution in [0.4, 0.5) is 0 Å². The van der Waals surface area contributed by atoms with Gasteiger partial charge < -0.3 is 14.2 Å². The van der Waals surface area contributed by atoms with Crippen LogP contribution in [0, 0.1) is 0 Å². The Kier molecular flexibility index (Phi) is 8.05. The molecule has 1 saturated heterocycles. The third kappa shape index (κ3) is 6.14. The van der Waals surface area contributed by atoms with Crippen molar-refractivity contribution in [2.24, 2.45) is 0 Å². The first kappa shape index (κ1) is 24.9. The molecule has 1 aliphatic heterocycles. The summed E-state index contributed by atoms with van der Waals surface area (Å²) in [6.07, 6.45) is 7.95. The van der Waals surface area contributed by atoms with Crippen LogP contribution in [0.3, 0.4) is 0 Å². The monoisotopic (exact) mass is 499 g/mol. The molecule has 37 heavy (non-hydrogen) atoms. The van der Waals surface area contributed by atoms with E-state index in [1.54, 1.807) is 6.07 Å². The fourth-order valence-corrected chi connectivity index (χ4v) is 5.07. The maximum absolute atomic E-state index is 13.0. The summed E-state index contributed by atoms with van der Waals surface area (Å²) in [5.74, 6) is 1.51. The second-order valence-electron chi connectivity index (χ2n) is 9.60. The van der Waals surface area contributed by atoms with E-state index in [0.29, 0.717) is 36.7 Å². The van der Waals surface area contributed by atoms with Crippen LogP contribution in [-0.2, 0) is 29.1 Å². The summed E-state index contributed by atoms with van der Waals surface area (Å²) in [6, 6.07) is 17.5. The van der Waals surface area contributed by atoms with E-state index < -0.39 is 0 Å². The zero-order valence-electron chi connectivity index (χ0n) is 21.0. The quantitative estimate of drug-likeness (QED) is 0.332. The number of nitrogens with one attached hydrogen (secondary N) is 1. The van der Waals surface area contributed by atoms with E-state index in [9.17, 15) is 9.59 Å². The average Bonchev–Trinajstić information content (AvgIpc) is 3.41. The molecule has 4 aromatic rings. The number of carbonyl (C=O) groups is 1. The molecule has 0 bridgehead atoms. The number of aromatic amines is 1. The third-order valence-electron chi connectivity index (χ3n) is 7.10. The van der Waals surface area contributed by atoms with Crippen molar-refractivity contribution in [3.05, 3.63) is 94.4 Å². The van der Waals surface area contributed by atoms with Crippen LogP contribution in [-0.4, -0.2) is 50.3 Å². The first-order chi connectivity index (χ1) is 18.2. The van der Waals surface area contributed by atoms with Crippen molar-refractivity contribution in [3.63, 3.8) is 0 Å². The van der Waals surface area contributed by atoms with Crippen LogP contribution < -0.4 is 5.56 Å². The Morgan fingerprint density at radius 3 is 2.57 bits per heavy atom. The van der Waals surface area contributed by atoms with Crippen molar-refractivity contribution in [2.75, 3.05) is 19.7 Å². The van der Waals surface area contributed by atoms with Crippen molar-refractivity contribution < 1.29 is 9.53 Å². The molecule has 0 spiro atoms. The number of unbranched alkanes of at least 4 members (excludes halogenated alkanes) is 1. The number of amides is 1. The maximum Gasteiger partial charge on any atom is 0.272 e. The van der Waals surface area contributed by atoms with E-state index in [-0.39, 0.29) is 17.9 Å². The molecule has 8 nitrogen and oxygen atoms in total. The Morgan fingerprint density at radius 1 is 1.00 bits per heavy atom. The molecule has 5 rings (SSSR count). The predicted octanol–water partition coefficient (Wildman–Crippen LogP) is 4.07. The van der Waals surface area contributed by atoms with E-state index in [2.05, 4.69) is 38.1 Å². The van der Waals surface area contributed by atoms with E-state index in [0.717, 1.165) is 50.0 Å². The molecule has 1 fully saturated rings. The molecule has 0 saturated carbocycles. The van der Waals surface area contributed by atoms with Gasteiger partial charge in [-0.15, -0.1) is 0 Å². The average molecular weight is 500 g/mol. The molecule has 1 N–H and O–H groups in total. The first-order valence-electron chi connectivity index (χ1n) is 13.1. The smallest absolute Gasteiger partial charge is 0.272 e. The van der Waals surface area contributed by atoms with Gasteiger partial charge in [0.1, 0.15) is 5.82 Å². The summed E-state index contributed by atoms with van der Waals surface area (Å²) in [6.45, 7) is 3.73. The van der Waals surface area contributed by atoms with E-state index in [1.165, 1.54) is 5.56 Å². The highest BCUT2D eigenvalue weighted by molar-refractivity contribution is 5.88. The molecule has 0 aliphatic carbocycles. The lowest BCUT2D eigenvalue weighted by atomic mass is 9.95. The summed E-state index contributed by atoms with van der Waals surface area (Å²) < 4.78 is 8.07. The number of hydrogen-bond acceptors (Lipinski definition) is 5. The largest absolute Gasteiger partial charge is 0.377 e. The molecule has 0 atom stereocenters. The third-order valence-corrected chi connectivity index (χ3v) is 7.10. The minimum atomic E-state index is -0.233. The number of aryl methyl sites for hydroxylation is 1. The standard InChI is InChI=1S/C29H33N5O3/c35-27(20-26-24-10-4-5-11-25(24)29(36)32-31-26)33-16-12-23(13-17-33)28-30-14-18-34(28)15-6-7-19-37-21-22-8-2-1-3-9-22/h1-5,8-11,14,18,23H,6-7,12-13,15-17,19-21H2,(H,32,36). The molecule has 0 radical (unpaired) electrons. The molecule has 2 aromatic carbocycles. The highest BCUT2D eigenvalue weighted by Crippen LogP contribution is 2.27. The van der Waals surface area contributed by atoms with Crippen LogP contribution in [0.15, 0.2) is 71.8 Å². The summed E-state index contributed by atoms with van der Waals surface area (Å²) in [5, 5.41) is 7.99. The predicted molar refractivity (Wildman–Crippen MR) is 142 cm³/mol. The fourth-order valence-electron chi connectivity index (χ4n) is 5.07. The number of benzene rings is 2. The van der Waals surface area contributed by atoms with Crippen molar-refractivity contribution in [2.45, 2.75) is 51.2 Å². The lowest BCUT2D eigenvalue weighted by Gasteiger charge is -2.32. The van der Waals surface area contributed by atoms with Gasteiger partial charge in [0, 0.05) is 49.9 Å². The van der Waals surface area contributed by atoms with Gasteiger partial charge in [0.15, 0.2) is 0 Å². The summed E-state index contributed by atoms with van der Waals surface area (Å²) in [5.41, 5.74) is 1.58. The zero-order chi connectivity index (χ0) is 25.5. The number of hydrogen-bond donors (Lipinski definition) is 1. The van der Waals surface area contributed by atoms with E-state index >= 15 is 0 Å². The molecular weight excluding hydrogens is 466 g/mol. The number of piperidine rings is 1. The fraction of sp³-hybridized carbons (Fsp3) is 0.379. The molecule has 0 unspecified atom stereocenters. The van der Waals surface area contributed by atoms with Gasteiger partial charge in [-0.3, -0.25) is 9.59 Å². The second kappa shape index (κ2) is 12.0. The number of H-pyrrole nitrogens is 1. The number of likely N-dealkylation sites (tertiary alicyclic amines) is 1. The number of nitrogens with zero attached hydrogens (tertiary/aromatic N) is 4.